The summed E-state index contributed by atoms with van der Waals surface area (Å²) in [7, 11) is -1.34. The van der Waals surface area contributed by atoms with Gasteiger partial charge >= 0.3 is 6.09 Å². The summed E-state index contributed by atoms with van der Waals surface area (Å²) >= 11 is 0. The Bertz CT molecular complexity index is 1510. The molecule has 2 heterocycles. The molecule has 2 aromatic heterocycles. The minimum absolute atomic E-state index is 0.0774. The van der Waals surface area contributed by atoms with Gasteiger partial charge in [-0.2, -0.15) is 0 Å². The molecule has 0 bridgehead atoms. The number of pyridine rings is 1. The number of benzene rings is 1. The summed E-state index contributed by atoms with van der Waals surface area (Å²) in [5.74, 6) is 0.524. The van der Waals surface area contributed by atoms with E-state index in [9.17, 15) is 14.0 Å². The van der Waals surface area contributed by atoms with Crippen molar-refractivity contribution in [2.45, 2.75) is 96.4 Å². The summed E-state index contributed by atoms with van der Waals surface area (Å²) in [4.78, 5) is 29.7. The van der Waals surface area contributed by atoms with Crippen molar-refractivity contribution < 1.29 is 28.6 Å². The van der Waals surface area contributed by atoms with E-state index in [2.05, 4.69) is 30.3 Å². The van der Waals surface area contributed by atoms with E-state index >= 15 is 0 Å². The van der Waals surface area contributed by atoms with Crippen LogP contribution < -0.4 is 15.4 Å². The van der Waals surface area contributed by atoms with E-state index in [1.165, 1.54) is 12.1 Å². The average Bonchev–Trinajstić information content (AvgIpc) is 3.73. The van der Waals surface area contributed by atoms with Crippen LogP contribution in [0.15, 0.2) is 30.5 Å². The fourth-order valence-electron chi connectivity index (χ4n) is 6.04. The number of hydrogen-bond donors (Lipinski definition) is 3. The van der Waals surface area contributed by atoms with Gasteiger partial charge in [0.15, 0.2) is 0 Å². The fraction of sp³-hybridized carbons (Fsp3) is 0.545. The Hall–Kier alpha value is -3.44. The van der Waals surface area contributed by atoms with E-state index in [4.69, 9.17) is 19.6 Å². The Kier molecular flexibility index (Phi) is 9.64. The van der Waals surface area contributed by atoms with Crippen LogP contribution >= 0.6 is 0 Å². The van der Waals surface area contributed by atoms with Crippen molar-refractivity contribution in [3.63, 3.8) is 0 Å². The first-order chi connectivity index (χ1) is 20.9. The smallest absolute Gasteiger partial charge is 0.404 e. The van der Waals surface area contributed by atoms with Gasteiger partial charge in [-0.05, 0) is 88.6 Å². The number of nitrogens with one attached hydrogen (secondary N) is 2. The van der Waals surface area contributed by atoms with Crippen molar-refractivity contribution in [3.8, 4) is 16.9 Å². The third-order valence-electron chi connectivity index (χ3n) is 8.72. The van der Waals surface area contributed by atoms with Gasteiger partial charge in [0, 0.05) is 49.8 Å². The molecule has 9 nitrogen and oxygen atoms in total. The first-order valence-corrected chi connectivity index (χ1v) is 19.5. The van der Waals surface area contributed by atoms with Gasteiger partial charge in [-0.3, -0.25) is 9.78 Å². The SMILES string of the molecule is Cc1c(C(=O)NC2CCC(NC(=O)O)CC2)c2nccc(-c3cc(F)ccc3OCC3CC3)c2n1C(C)OCC[Si](C)(C)C. The second-order valence-electron chi connectivity index (χ2n) is 13.5. The molecule has 11 heteroatoms. The van der Waals surface area contributed by atoms with Gasteiger partial charge in [-0.1, -0.05) is 19.6 Å². The first kappa shape index (κ1) is 32.0. The molecule has 0 spiro atoms. The normalized spacial score (nSPS) is 19.5. The van der Waals surface area contributed by atoms with Crippen molar-refractivity contribution in [1.82, 2.24) is 20.2 Å². The average molecular weight is 625 g/mol. The molecule has 5 rings (SSSR count). The monoisotopic (exact) mass is 624 g/mol. The van der Waals surface area contributed by atoms with Crippen molar-refractivity contribution in [2.75, 3.05) is 13.2 Å². The molecule has 2 aliphatic rings. The zero-order valence-corrected chi connectivity index (χ0v) is 27.4. The van der Waals surface area contributed by atoms with Crippen LogP contribution in [-0.4, -0.2) is 60.0 Å². The highest BCUT2D eigenvalue weighted by Gasteiger charge is 2.30. The molecule has 1 atom stereocenters. The van der Waals surface area contributed by atoms with Gasteiger partial charge in [-0.15, -0.1) is 0 Å². The number of halogens is 1. The third-order valence-corrected chi connectivity index (χ3v) is 10.4. The largest absolute Gasteiger partial charge is 0.493 e. The summed E-state index contributed by atoms with van der Waals surface area (Å²) in [5, 5.41) is 14.8. The molecule has 3 aromatic rings. The second kappa shape index (κ2) is 13.3. The fourth-order valence-corrected chi connectivity index (χ4v) is 6.77. The summed E-state index contributed by atoms with van der Waals surface area (Å²) in [6.07, 6.45) is 5.18. The number of carboxylic acid groups (broad SMARTS) is 1. The number of ether oxygens (including phenoxy) is 2. The maximum absolute atomic E-state index is 14.8. The number of carbonyl (C=O) groups is 2. The minimum Gasteiger partial charge on any atom is -0.493 e. The Labute approximate surface area is 259 Å². The Morgan fingerprint density at radius 1 is 1.07 bits per heavy atom. The highest BCUT2D eigenvalue weighted by Crippen LogP contribution is 2.40. The first-order valence-electron chi connectivity index (χ1n) is 15.8. The van der Waals surface area contributed by atoms with Crippen LogP contribution in [0.1, 0.15) is 67.7 Å². The molecule has 1 unspecified atom stereocenters. The van der Waals surface area contributed by atoms with Gasteiger partial charge in [0.2, 0.25) is 0 Å². The summed E-state index contributed by atoms with van der Waals surface area (Å²) < 4.78 is 29.4. The molecule has 238 valence electrons. The van der Waals surface area contributed by atoms with Crippen LogP contribution in [-0.2, 0) is 4.74 Å². The molecular formula is C33H45FN4O5Si. The van der Waals surface area contributed by atoms with E-state index in [1.807, 2.05) is 24.5 Å². The summed E-state index contributed by atoms with van der Waals surface area (Å²) in [6.45, 7) is 12.0. The molecule has 2 amide bonds. The molecule has 2 saturated carbocycles. The summed E-state index contributed by atoms with van der Waals surface area (Å²) in [5.41, 5.74) is 3.75. The lowest BCUT2D eigenvalue weighted by atomic mass is 9.91. The zero-order valence-electron chi connectivity index (χ0n) is 26.4. The van der Waals surface area contributed by atoms with Gasteiger partial charge in [0.05, 0.1) is 17.7 Å². The number of amides is 2. The number of nitrogens with zero attached hydrogens (tertiary/aromatic N) is 2. The minimum atomic E-state index is -1.34. The summed E-state index contributed by atoms with van der Waals surface area (Å²) in [6, 6.07) is 7.24. The molecule has 0 aliphatic heterocycles. The molecule has 2 aliphatic carbocycles. The molecule has 1 aromatic carbocycles. The molecule has 2 fully saturated rings. The molecular weight excluding hydrogens is 579 g/mol. The van der Waals surface area contributed by atoms with E-state index in [-0.39, 0.29) is 23.8 Å². The van der Waals surface area contributed by atoms with E-state index < -0.39 is 20.4 Å². The standard InChI is InChI=1S/C33H45FN4O5Si/c1-20-29(32(39)36-24-9-11-25(12-10-24)37-33(40)41)30-31(38(20)21(2)42-16-17-44(3,4)5)26(14-15-35-30)27-18-23(34)8-13-28(27)43-19-22-6-7-22/h8,13-15,18,21-22,24-25,37H,6-7,9-12,16-17,19H2,1-5H3,(H,36,39)(H,40,41). The van der Waals surface area contributed by atoms with Gasteiger partial charge < -0.3 is 29.8 Å². The maximum atomic E-state index is 14.8. The maximum Gasteiger partial charge on any atom is 0.404 e. The number of aromatic nitrogens is 2. The van der Waals surface area contributed by atoms with E-state index in [1.54, 1.807) is 12.3 Å². The zero-order chi connectivity index (χ0) is 31.6. The van der Waals surface area contributed by atoms with Crippen LogP contribution in [0.3, 0.4) is 0 Å². The van der Waals surface area contributed by atoms with Crippen LogP contribution in [0.2, 0.25) is 25.7 Å². The highest BCUT2D eigenvalue weighted by atomic mass is 28.3. The van der Waals surface area contributed by atoms with Crippen LogP contribution in [0, 0.1) is 18.7 Å². The highest BCUT2D eigenvalue weighted by molar-refractivity contribution is 6.76. The number of carbonyl (C=O) groups excluding carboxylic acids is 1. The van der Waals surface area contributed by atoms with Crippen molar-refractivity contribution in [1.29, 1.82) is 0 Å². The van der Waals surface area contributed by atoms with Crippen LogP contribution in [0.25, 0.3) is 22.2 Å². The van der Waals surface area contributed by atoms with Crippen LogP contribution in [0.5, 0.6) is 5.75 Å². The van der Waals surface area contributed by atoms with Gasteiger partial charge in [0.25, 0.3) is 5.91 Å². The van der Waals surface area contributed by atoms with Crippen molar-refractivity contribution in [2.24, 2.45) is 5.92 Å². The van der Waals surface area contributed by atoms with E-state index in [0.717, 1.165) is 30.1 Å². The molecule has 0 radical (unpaired) electrons. The predicted molar refractivity (Wildman–Crippen MR) is 172 cm³/mol. The van der Waals surface area contributed by atoms with Gasteiger partial charge in [-0.25, -0.2) is 9.18 Å². The number of fused-ring (bicyclic) bond motifs is 1. The molecule has 3 N–H and O–H groups in total. The topological polar surface area (TPSA) is 115 Å². The van der Waals surface area contributed by atoms with E-state index in [0.29, 0.717) is 72.7 Å². The van der Waals surface area contributed by atoms with Crippen molar-refractivity contribution >= 4 is 31.1 Å². The third kappa shape index (κ3) is 7.61. The quantitative estimate of drug-likeness (QED) is 0.185. The number of rotatable bonds is 12. The number of hydrogen-bond acceptors (Lipinski definition) is 5. The van der Waals surface area contributed by atoms with Gasteiger partial charge in [0.1, 0.15) is 23.3 Å². The molecule has 44 heavy (non-hydrogen) atoms. The molecule has 0 saturated heterocycles. The Balaban J connectivity index is 1.53. The van der Waals surface area contributed by atoms with Crippen LogP contribution in [0.4, 0.5) is 9.18 Å². The predicted octanol–water partition coefficient (Wildman–Crippen LogP) is 7.12. The lowest BCUT2D eigenvalue weighted by molar-refractivity contribution is 0.0263. The lowest BCUT2D eigenvalue weighted by Gasteiger charge is -2.29. The lowest BCUT2D eigenvalue weighted by Crippen LogP contribution is -2.43. The Morgan fingerprint density at radius 2 is 1.75 bits per heavy atom. The van der Waals surface area contributed by atoms with Crippen molar-refractivity contribution in [3.05, 3.63) is 47.5 Å². The second-order valence-corrected chi connectivity index (χ2v) is 19.2. The Morgan fingerprint density at radius 3 is 2.39 bits per heavy atom.